The van der Waals surface area contributed by atoms with Gasteiger partial charge in [0.15, 0.2) is 5.17 Å². The number of amides is 1. The molecule has 1 aromatic heterocycles. The molecule has 7 heteroatoms. The largest absolute Gasteiger partial charge is 0.493 e. The van der Waals surface area contributed by atoms with Crippen LogP contribution in [0.25, 0.3) is 23.0 Å². The molecule has 2 aromatic carbocycles. The van der Waals surface area contributed by atoms with E-state index < -0.39 is 0 Å². The minimum Gasteiger partial charge on any atom is -0.493 e. The van der Waals surface area contributed by atoms with E-state index >= 15 is 0 Å². The van der Waals surface area contributed by atoms with Crippen molar-refractivity contribution >= 4 is 28.9 Å². The first-order valence-electron chi connectivity index (χ1n) is 12.8. The van der Waals surface area contributed by atoms with Gasteiger partial charge < -0.3 is 9.64 Å². The monoisotopic (exact) mass is 500 g/mol. The molecule has 0 spiro atoms. The molecule has 2 aliphatic heterocycles. The van der Waals surface area contributed by atoms with Crippen molar-refractivity contribution in [2.75, 3.05) is 19.7 Å². The van der Waals surface area contributed by atoms with Crippen LogP contribution in [-0.4, -0.2) is 45.5 Å². The van der Waals surface area contributed by atoms with Crippen LogP contribution in [-0.2, 0) is 4.79 Å². The van der Waals surface area contributed by atoms with Gasteiger partial charge in [0.2, 0.25) is 0 Å². The lowest BCUT2D eigenvalue weighted by atomic mass is 10.0. The highest BCUT2D eigenvalue weighted by Gasteiger charge is 2.27. The second-order valence-corrected chi connectivity index (χ2v) is 10.3. The maximum Gasteiger partial charge on any atom is 0.286 e. The van der Waals surface area contributed by atoms with Crippen LogP contribution in [0.15, 0.2) is 64.6 Å². The molecular weight excluding hydrogens is 468 g/mol. The Morgan fingerprint density at radius 2 is 1.83 bits per heavy atom. The van der Waals surface area contributed by atoms with Crippen molar-refractivity contribution in [2.24, 2.45) is 4.99 Å². The van der Waals surface area contributed by atoms with Gasteiger partial charge in [-0.3, -0.25) is 4.79 Å². The van der Waals surface area contributed by atoms with Gasteiger partial charge in [-0.2, -0.15) is 10.1 Å². The number of carbonyl (C=O) groups excluding carboxylic acids is 1. The van der Waals surface area contributed by atoms with Crippen molar-refractivity contribution in [2.45, 2.75) is 46.0 Å². The zero-order valence-electron chi connectivity index (χ0n) is 20.9. The number of ether oxygens (including phenoxy) is 1. The van der Waals surface area contributed by atoms with Gasteiger partial charge in [-0.1, -0.05) is 38.0 Å². The molecule has 0 aliphatic carbocycles. The summed E-state index contributed by atoms with van der Waals surface area (Å²) in [6.45, 7) is 6.78. The van der Waals surface area contributed by atoms with Crippen molar-refractivity contribution in [1.82, 2.24) is 14.7 Å². The lowest BCUT2D eigenvalue weighted by molar-refractivity contribution is -0.113. The summed E-state index contributed by atoms with van der Waals surface area (Å²) >= 11 is 1.48. The summed E-state index contributed by atoms with van der Waals surface area (Å²) in [5.74, 6) is 0.720. The second-order valence-electron chi connectivity index (χ2n) is 9.25. The van der Waals surface area contributed by atoms with Crippen LogP contribution >= 0.6 is 11.8 Å². The van der Waals surface area contributed by atoms with Crippen LogP contribution in [0.5, 0.6) is 5.75 Å². The highest BCUT2D eigenvalue weighted by atomic mass is 32.2. The number of carbonyl (C=O) groups is 1. The molecule has 2 aliphatic rings. The topological polar surface area (TPSA) is 59.7 Å². The Morgan fingerprint density at radius 3 is 2.56 bits per heavy atom. The van der Waals surface area contributed by atoms with Crippen molar-refractivity contribution < 1.29 is 9.53 Å². The molecule has 0 bridgehead atoms. The van der Waals surface area contributed by atoms with E-state index in [-0.39, 0.29) is 5.91 Å². The number of hydrogen-bond donors (Lipinski definition) is 0. The van der Waals surface area contributed by atoms with E-state index in [1.165, 1.54) is 24.6 Å². The van der Waals surface area contributed by atoms with Crippen LogP contribution in [0.1, 0.15) is 50.2 Å². The molecule has 0 N–H and O–H groups in total. The molecule has 0 radical (unpaired) electrons. The molecule has 5 rings (SSSR count). The van der Waals surface area contributed by atoms with Gasteiger partial charge in [0.1, 0.15) is 11.4 Å². The standard InChI is InChI=1S/C29H32N4O2S/c1-3-17-35-25-14-13-22(18-21(25)2)27-23(20-33(31-27)24-11-7-6-8-12-24)19-26-28(34)30-29(36-26)32-15-9-4-5-10-16-32/h6-8,11-14,18-20H,3-5,9-10,15-17H2,1-2H3/b26-19-. The third-order valence-corrected chi connectivity index (χ3v) is 7.49. The van der Waals surface area contributed by atoms with Crippen LogP contribution in [0.2, 0.25) is 0 Å². The van der Waals surface area contributed by atoms with Gasteiger partial charge >= 0.3 is 0 Å². The zero-order valence-corrected chi connectivity index (χ0v) is 21.8. The van der Waals surface area contributed by atoms with Crippen LogP contribution < -0.4 is 4.74 Å². The summed E-state index contributed by atoms with van der Waals surface area (Å²) < 4.78 is 7.75. The average molecular weight is 501 g/mol. The Bertz CT molecular complexity index is 1290. The molecule has 6 nitrogen and oxygen atoms in total. The van der Waals surface area contributed by atoms with Crippen molar-refractivity contribution in [3.05, 3.63) is 70.8 Å². The van der Waals surface area contributed by atoms with E-state index in [1.807, 2.05) is 59.4 Å². The molecule has 1 amide bonds. The number of likely N-dealkylation sites (tertiary alicyclic amines) is 1. The SMILES string of the molecule is CCCOc1ccc(-c2nn(-c3ccccc3)cc2/C=C2\SC(N3CCCCCC3)=NC2=O)cc1C. The number of aromatic nitrogens is 2. The number of rotatable bonds is 6. The van der Waals surface area contributed by atoms with E-state index in [1.54, 1.807) is 0 Å². The Hall–Kier alpha value is -3.32. The predicted molar refractivity (Wildman–Crippen MR) is 148 cm³/mol. The van der Waals surface area contributed by atoms with Crippen molar-refractivity contribution in [3.8, 4) is 22.7 Å². The number of amidine groups is 1. The normalized spacial score (nSPS) is 17.4. The fourth-order valence-electron chi connectivity index (χ4n) is 4.54. The Balaban J connectivity index is 1.49. The number of aliphatic imine (C=N–C) groups is 1. The maximum atomic E-state index is 12.9. The molecule has 3 aromatic rings. The Labute approximate surface area is 217 Å². The Kier molecular flexibility index (Phi) is 7.56. The van der Waals surface area contributed by atoms with Crippen LogP contribution in [0, 0.1) is 6.92 Å². The van der Waals surface area contributed by atoms with Gasteiger partial charge in [-0.15, -0.1) is 0 Å². The lowest BCUT2D eigenvalue weighted by Gasteiger charge is -2.20. The lowest BCUT2D eigenvalue weighted by Crippen LogP contribution is -2.28. The third kappa shape index (κ3) is 5.41. The average Bonchev–Trinajstić information content (AvgIpc) is 3.36. The number of para-hydroxylation sites is 1. The Morgan fingerprint density at radius 1 is 1.06 bits per heavy atom. The number of nitrogens with zero attached hydrogens (tertiary/aromatic N) is 4. The summed E-state index contributed by atoms with van der Waals surface area (Å²) in [7, 11) is 0. The van der Waals surface area contributed by atoms with Gasteiger partial charge in [-0.05, 0) is 79.9 Å². The summed E-state index contributed by atoms with van der Waals surface area (Å²) in [6.07, 6.45) is 9.69. The highest BCUT2D eigenvalue weighted by molar-refractivity contribution is 8.18. The quantitative estimate of drug-likeness (QED) is 0.363. The molecule has 186 valence electrons. The van der Waals surface area contributed by atoms with Crippen molar-refractivity contribution in [1.29, 1.82) is 0 Å². The van der Waals surface area contributed by atoms with Gasteiger partial charge in [-0.25, -0.2) is 4.68 Å². The molecule has 0 saturated carbocycles. The van der Waals surface area contributed by atoms with E-state index in [4.69, 9.17) is 9.84 Å². The highest BCUT2D eigenvalue weighted by Crippen LogP contribution is 2.35. The first kappa shape index (κ1) is 24.4. The number of hydrogen-bond acceptors (Lipinski definition) is 5. The minimum atomic E-state index is -0.169. The van der Waals surface area contributed by atoms with Crippen molar-refractivity contribution in [3.63, 3.8) is 0 Å². The fraction of sp³-hybridized carbons (Fsp3) is 0.345. The fourth-order valence-corrected chi connectivity index (χ4v) is 5.49. The van der Waals surface area contributed by atoms with E-state index in [0.29, 0.717) is 11.5 Å². The van der Waals surface area contributed by atoms with Gasteiger partial charge in [0.25, 0.3) is 5.91 Å². The molecule has 0 unspecified atom stereocenters. The molecule has 36 heavy (non-hydrogen) atoms. The minimum absolute atomic E-state index is 0.169. The molecule has 1 fully saturated rings. The second kappa shape index (κ2) is 11.2. The first-order chi connectivity index (χ1) is 17.6. The predicted octanol–water partition coefficient (Wildman–Crippen LogP) is 6.48. The van der Waals surface area contributed by atoms with E-state index in [2.05, 4.69) is 29.8 Å². The third-order valence-electron chi connectivity index (χ3n) is 6.45. The maximum absolute atomic E-state index is 12.9. The van der Waals surface area contributed by atoms with E-state index in [9.17, 15) is 4.79 Å². The molecular formula is C29H32N4O2S. The first-order valence-corrected chi connectivity index (χ1v) is 13.6. The molecule has 0 atom stereocenters. The summed E-state index contributed by atoms with van der Waals surface area (Å²) in [4.78, 5) is 20.2. The summed E-state index contributed by atoms with van der Waals surface area (Å²) in [5, 5.41) is 5.77. The number of benzene rings is 2. The van der Waals surface area contributed by atoms with E-state index in [0.717, 1.165) is 71.3 Å². The summed E-state index contributed by atoms with van der Waals surface area (Å²) in [5.41, 5.74) is 4.74. The smallest absolute Gasteiger partial charge is 0.286 e. The van der Waals surface area contributed by atoms with Gasteiger partial charge in [0.05, 0.1) is 17.2 Å². The number of thioether (sulfide) groups is 1. The zero-order chi connectivity index (χ0) is 24.9. The summed E-state index contributed by atoms with van der Waals surface area (Å²) in [6, 6.07) is 16.2. The number of aryl methyl sites for hydroxylation is 1. The molecule has 3 heterocycles. The molecule has 1 saturated heterocycles. The van der Waals surface area contributed by atoms with Crippen LogP contribution in [0.4, 0.5) is 0 Å². The van der Waals surface area contributed by atoms with Gasteiger partial charge in [0, 0.05) is 30.4 Å². The van der Waals surface area contributed by atoms with Crippen LogP contribution in [0.3, 0.4) is 0 Å².